The second-order valence-corrected chi connectivity index (χ2v) is 12.2. The quantitative estimate of drug-likeness (QED) is 0.308. The van der Waals surface area contributed by atoms with Crippen LogP contribution < -0.4 is 9.62 Å². The van der Waals surface area contributed by atoms with Gasteiger partial charge in [0.25, 0.3) is 0 Å². The van der Waals surface area contributed by atoms with E-state index in [0.29, 0.717) is 17.3 Å². The number of carbonyl (C=O) groups excluding carboxylic acids is 2. The summed E-state index contributed by atoms with van der Waals surface area (Å²) in [5.41, 5.74) is 1.99. The molecule has 10 heteroatoms. The van der Waals surface area contributed by atoms with Crippen molar-refractivity contribution in [3.05, 3.63) is 99.5 Å². The molecule has 0 fully saturated rings. The molecule has 0 aliphatic heterocycles. The van der Waals surface area contributed by atoms with E-state index in [1.54, 1.807) is 24.3 Å². The summed E-state index contributed by atoms with van der Waals surface area (Å²) in [6.07, 6.45) is 2.06. The minimum atomic E-state index is -3.82. The Hall–Kier alpha value is -2.88. The molecule has 7 nitrogen and oxygen atoms in total. The average molecular weight is 621 g/mol. The Kier molecular flexibility index (Phi) is 10.8. The van der Waals surface area contributed by atoms with Crippen LogP contribution in [-0.4, -0.2) is 50.5 Å². The highest BCUT2D eigenvalue weighted by atomic mass is 79.9. The van der Waals surface area contributed by atoms with E-state index in [0.717, 1.165) is 32.6 Å². The zero-order valence-corrected chi connectivity index (χ0v) is 24.5. The molecule has 2 amide bonds. The molecular weight excluding hydrogens is 590 g/mol. The molecule has 1 atom stereocenters. The number of halogens is 2. The number of hydrogen-bond donors (Lipinski definition) is 1. The van der Waals surface area contributed by atoms with E-state index in [9.17, 15) is 18.0 Å². The van der Waals surface area contributed by atoms with Gasteiger partial charge in [0, 0.05) is 29.0 Å². The number of carbonyl (C=O) groups is 2. The molecule has 0 heterocycles. The first-order chi connectivity index (χ1) is 18.1. The molecule has 3 rings (SSSR count). The van der Waals surface area contributed by atoms with E-state index in [4.69, 9.17) is 11.6 Å². The predicted octanol–water partition coefficient (Wildman–Crippen LogP) is 5.03. The fourth-order valence-electron chi connectivity index (χ4n) is 3.97. The van der Waals surface area contributed by atoms with E-state index in [-0.39, 0.29) is 18.9 Å². The fraction of sp³-hybridized carbons (Fsp3) is 0.286. The highest BCUT2D eigenvalue weighted by molar-refractivity contribution is 9.10. The van der Waals surface area contributed by atoms with Crippen LogP contribution in [-0.2, 0) is 32.6 Å². The van der Waals surface area contributed by atoms with Crippen LogP contribution in [0.2, 0.25) is 5.02 Å². The van der Waals surface area contributed by atoms with Crippen molar-refractivity contribution in [1.29, 1.82) is 0 Å². The number of anilines is 1. The first kappa shape index (κ1) is 29.7. The first-order valence-electron chi connectivity index (χ1n) is 12.2. The predicted molar refractivity (Wildman–Crippen MR) is 156 cm³/mol. The molecule has 1 N–H and O–H groups in total. The molecule has 0 radical (unpaired) electrons. The Morgan fingerprint density at radius 1 is 0.974 bits per heavy atom. The molecule has 3 aromatic rings. The highest BCUT2D eigenvalue weighted by Crippen LogP contribution is 2.23. The third-order valence-corrected chi connectivity index (χ3v) is 7.74. The molecule has 0 aliphatic carbocycles. The number of rotatable bonds is 12. The maximum absolute atomic E-state index is 13.9. The summed E-state index contributed by atoms with van der Waals surface area (Å²) < 4.78 is 27.4. The second kappa shape index (κ2) is 13.8. The molecule has 0 saturated heterocycles. The number of nitrogens with zero attached hydrogens (tertiary/aromatic N) is 2. The topological polar surface area (TPSA) is 86.8 Å². The summed E-state index contributed by atoms with van der Waals surface area (Å²) in [5.74, 6) is -0.797. The lowest BCUT2D eigenvalue weighted by Crippen LogP contribution is -2.53. The Morgan fingerprint density at radius 3 is 2.24 bits per heavy atom. The molecule has 3 aromatic carbocycles. The lowest BCUT2D eigenvalue weighted by Gasteiger charge is -2.33. The third-order valence-electron chi connectivity index (χ3n) is 5.86. The second-order valence-electron chi connectivity index (χ2n) is 8.89. The van der Waals surface area contributed by atoms with Gasteiger partial charge in [-0.05, 0) is 53.9 Å². The van der Waals surface area contributed by atoms with Gasteiger partial charge in [0.05, 0.1) is 11.9 Å². The van der Waals surface area contributed by atoms with Crippen LogP contribution in [0.3, 0.4) is 0 Å². The smallest absolute Gasteiger partial charge is 0.244 e. The summed E-state index contributed by atoms with van der Waals surface area (Å²) in [6.45, 7) is 2.06. The summed E-state index contributed by atoms with van der Waals surface area (Å²) in [5, 5.41) is 3.36. The molecule has 0 bridgehead atoms. The van der Waals surface area contributed by atoms with Crippen LogP contribution in [0.1, 0.15) is 24.5 Å². The maximum atomic E-state index is 13.9. The van der Waals surface area contributed by atoms with Gasteiger partial charge in [-0.1, -0.05) is 76.9 Å². The number of nitrogens with one attached hydrogen (secondary N) is 1. The Labute approximate surface area is 238 Å². The average Bonchev–Trinajstić information content (AvgIpc) is 2.88. The van der Waals surface area contributed by atoms with Gasteiger partial charge in [0.1, 0.15) is 12.6 Å². The zero-order valence-electron chi connectivity index (χ0n) is 21.3. The Bertz CT molecular complexity index is 1340. The van der Waals surface area contributed by atoms with Gasteiger partial charge < -0.3 is 10.2 Å². The van der Waals surface area contributed by atoms with Gasteiger partial charge in [0.2, 0.25) is 21.8 Å². The summed E-state index contributed by atoms with van der Waals surface area (Å²) in [7, 11) is -3.82. The minimum absolute atomic E-state index is 0.119. The van der Waals surface area contributed by atoms with Crippen molar-refractivity contribution >= 4 is 55.1 Å². The monoisotopic (exact) mass is 619 g/mol. The van der Waals surface area contributed by atoms with Crippen molar-refractivity contribution in [1.82, 2.24) is 10.2 Å². The van der Waals surface area contributed by atoms with Crippen molar-refractivity contribution in [2.45, 2.75) is 32.4 Å². The third kappa shape index (κ3) is 8.58. The fourth-order valence-corrected chi connectivity index (χ4v) is 5.40. The number of amides is 2. The van der Waals surface area contributed by atoms with Crippen LogP contribution in [0.25, 0.3) is 0 Å². The molecule has 202 valence electrons. The van der Waals surface area contributed by atoms with Crippen LogP contribution >= 0.6 is 27.5 Å². The molecule has 38 heavy (non-hydrogen) atoms. The van der Waals surface area contributed by atoms with Crippen LogP contribution in [0.5, 0.6) is 0 Å². The molecule has 0 spiro atoms. The van der Waals surface area contributed by atoms with Crippen molar-refractivity contribution in [3.63, 3.8) is 0 Å². The summed E-state index contributed by atoms with van der Waals surface area (Å²) >= 11 is 9.46. The highest BCUT2D eigenvalue weighted by Gasteiger charge is 2.32. The Balaban J connectivity index is 2.03. The molecule has 0 unspecified atom stereocenters. The lowest BCUT2D eigenvalue weighted by atomic mass is 10.0. The normalized spacial score (nSPS) is 12.0. The van der Waals surface area contributed by atoms with Gasteiger partial charge >= 0.3 is 0 Å². The van der Waals surface area contributed by atoms with Crippen molar-refractivity contribution < 1.29 is 18.0 Å². The zero-order chi connectivity index (χ0) is 27.7. The number of sulfonamides is 1. The summed E-state index contributed by atoms with van der Waals surface area (Å²) in [4.78, 5) is 28.8. The molecule has 0 saturated carbocycles. The van der Waals surface area contributed by atoms with Crippen LogP contribution in [0, 0.1) is 0 Å². The Morgan fingerprint density at radius 2 is 1.63 bits per heavy atom. The van der Waals surface area contributed by atoms with Crippen LogP contribution in [0.15, 0.2) is 83.3 Å². The van der Waals surface area contributed by atoms with Gasteiger partial charge in [-0.15, -0.1) is 0 Å². The van der Waals surface area contributed by atoms with Crippen molar-refractivity contribution in [2.75, 3.05) is 23.7 Å². The van der Waals surface area contributed by atoms with E-state index in [1.165, 1.54) is 4.90 Å². The standard InChI is InChI=1S/C28H31BrClN3O4S/c1-3-16-31-28(35)26(18-21-8-5-4-6-9-21)32(19-22-10-7-11-23(29)17-22)27(34)20-33(38(2,36)37)25-14-12-24(30)13-15-25/h4-15,17,26H,3,16,18-20H2,1-2H3,(H,31,35)/t26-/m1/s1. The van der Waals surface area contributed by atoms with E-state index in [1.807, 2.05) is 61.5 Å². The molecule has 0 aromatic heterocycles. The lowest BCUT2D eigenvalue weighted by molar-refractivity contribution is -0.140. The largest absolute Gasteiger partial charge is 0.354 e. The van der Waals surface area contributed by atoms with Gasteiger partial charge in [-0.3, -0.25) is 13.9 Å². The van der Waals surface area contributed by atoms with E-state index >= 15 is 0 Å². The molecule has 0 aliphatic rings. The van der Waals surface area contributed by atoms with Gasteiger partial charge in [-0.25, -0.2) is 8.42 Å². The van der Waals surface area contributed by atoms with Gasteiger partial charge in [-0.2, -0.15) is 0 Å². The van der Waals surface area contributed by atoms with E-state index < -0.39 is 28.5 Å². The SMILES string of the molecule is CCCNC(=O)[C@@H](Cc1ccccc1)N(Cc1cccc(Br)c1)C(=O)CN(c1ccc(Cl)cc1)S(C)(=O)=O. The maximum Gasteiger partial charge on any atom is 0.244 e. The summed E-state index contributed by atoms with van der Waals surface area (Å²) in [6, 6.07) is 22.3. The minimum Gasteiger partial charge on any atom is -0.354 e. The first-order valence-corrected chi connectivity index (χ1v) is 15.2. The number of hydrogen-bond acceptors (Lipinski definition) is 4. The molecular formula is C28H31BrClN3O4S. The van der Waals surface area contributed by atoms with Crippen molar-refractivity contribution in [2.24, 2.45) is 0 Å². The van der Waals surface area contributed by atoms with Crippen molar-refractivity contribution in [3.8, 4) is 0 Å². The van der Waals surface area contributed by atoms with E-state index in [2.05, 4.69) is 21.2 Å². The number of benzene rings is 3. The van der Waals surface area contributed by atoms with Gasteiger partial charge in [0.15, 0.2) is 0 Å². The van der Waals surface area contributed by atoms with Crippen LogP contribution in [0.4, 0.5) is 5.69 Å².